The summed E-state index contributed by atoms with van der Waals surface area (Å²) in [6.07, 6.45) is -0.702. The SMILES string of the molecule is COC(=O)C(CNC(=O)OCc1ccccc1)c1cccc(OS(=O)(=O)c2ccccc2)c1. The maximum absolute atomic E-state index is 12.5. The van der Waals surface area contributed by atoms with E-state index in [4.69, 9.17) is 13.7 Å². The summed E-state index contributed by atoms with van der Waals surface area (Å²) in [4.78, 5) is 24.4. The minimum Gasteiger partial charge on any atom is -0.468 e. The molecule has 3 rings (SSSR count). The predicted molar refractivity (Wildman–Crippen MR) is 120 cm³/mol. The highest BCUT2D eigenvalue weighted by Crippen LogP contribution is 2.24. The maximum atomic E-state index is 12.5. The number of nitrogens with one attached hydrogen (secondary N) is 1. The van der Waals surface area contributed by atoms with Crippen LogP contribution in [0.15, 0.2) is 89.8 Å². The summed E-state index contributed by atoms with van der Waals surface area (Å²) in [5.41, 5.74) is 1.23. The van der Waals surface area contributed by atoms with Crippen LogP contribution in [0.4, 0.5) is 4.79 Å². The van der Waals surface area contributed by atoms with E-state index in [1.807, 2.05) is 30.3 Å². The average Bonchev–Trinajstić information content (AvgIpc) is 2.84. The maximum Gasteiger partial charge on any atom is 0.407 e. The molecule has 1 amide bonds. The third kappa shape index (κ3) is 6.81. The Hall–Kier alpha value is -3.85. The first kappa shape index (κ1) is 23.8. The first-order chi connectivity index (χ1) is 15.9. The molecule has 33 heavy (non-hydrogen) atoms. The van der Waals surface area contributed by atoms with Crippen molar-refractivity contribution in [3.05, 3.63) is 96.1 Å². The molecule has 0 radical (unpaired) electrons. The van der Waals surface area contributed by atoms with Gasteiger partial charge in [-0.2, -0.15) is 8.42 Å². The van der Waals surface area contributed by atoms with E-state index in [1.54, 1.807) is 30.3 Å². The number of rotatable bonds is 9. The summed E-state index contributed by atoms with van der Waals surface area (Å²) >= 11 is 0. The molecule has 8 nitrogen and oxygen atoms in total. The molecule has 0 saturated carbocycles. The molecule has 0 heterocycles. The number of hydrogen-bond donors (Lipinski definition) is 1. The zero-order valence-corrected chi connectivity index (χ0v) is 18.7. The molecule has 0 fully saturated rings. The molecule has 3 aromatic rings. The van der Waals surface area contributed by atoms with Gasteiger partial charge in [-0.1, -0.05) is 60.7 Å². The first-order valence-corrected chi connectivity index (χ1v) is 11.4. The van der Waals surface area contributed by atoms with Crippen LogP contribution in [0, 0.1) is 0 Å². The number of alkyl carbamates (subject to hydrolysis) is 1. The smallest absolute Gasteiger partial charge is 0.407 e. The summed E-state index contributed by atoms with van der Waals surface area (Å²) in [5, 5.41) is 2.54. The summed E-state index contributed by atoms with van der Waals surface area (Å²) in [6, 6.07) is 22.9. The minimum absolute atomic E-state index is 0.00255. The quantitative estimate of drug-likeness (QED) is 0.377. The Morgan fingerprint density at radius 3 is 2.24 bits per heavy atom. The second-order valence-corrected chi connectivity index (χ2v) is 8.49. The third-order valence-electron chi connectivity index (χ3n) is 4.65. The van der Waals surface area contributed by atoms with Gasteiger partial charge in [0.05, 0.1) is 13.0 Å². The lowest BCUT2D eigenvalue weighted by atomic mass is 9.99. The van der Waals surface area contributed by atoms with Crippen molar-refractivity contribution >= 4 is 22.2 Å². The van der Waals surface area contributed by atoms with E-state index in [9.17, 15) is 18.0 Å². The van der Waals surface area contributed by atoms with E-state index < -0.39 is 28.1 Å². The van der Waals surface area contributed by atoms with E-state index in [2.05, 4.69) is 5.32 Å². The van der Waals surface area contributed by atoms with Crippen LogP contribution < -0.4 is 9.50 Å². The Balaban J connectivity index is 1.68. The van der Waals surface area contributed by atoms with Gasteiger partial charge in [0, 0.05) is 6.54 Å². The van der Waals surface area contributed by atoms with Gasteiger partial charge in [0.1, 0.15) is 17.3 Å². The molecular formula is C24H23NO7S. The number of methoxy groups -OCH3 is 1. The second kappa shape index (κ2) is 11.1. The molecule has 0 spiro atoms. The van der Waals surface area contributed by atoms with Gasteiger partial charge in [-0.15, -0.1) is 0 Å². The summed E-state index contributed by atoms with van der Waals surface area (Å²) in [5.74, 6) is -1.49. The van der Waals surface area contributed by atoms with Gasteiger partial charge in [-0.25, -0.2) is 4.79 Å². The third-order valence-corrected chi connectivity index (χ3v) is 5.91. The highest BCUT2D eigenvalue weighted by Gasteiger charge is 2.24. The standard InChI is InChI=1S/C24H23NO7S/c1-30-23(26)22(16-25-24(27)31-17-18-9-4-2-5-10-18)19-11-8-12-20(15-19)32-33(28,29)21-13-6-3-7-14-21/h2-15,22H,16-17H2,1H3,(H,25,27). The largest absolute Gasteiger partial charge is 0.468 e. The van der Waals surface area contributed by atoms with Crippen LogP contribution in [-0.4, -0.2) is 34.1 Å². The van der Waals surface area contributed by atoms with Crippen LogP contribution in [0.3, 0.4) is 0 Å². The Morgan fingerprint density at radius 1 is 0.909 bits per heavy atom. The number of carbonyl (C=O) groups is 2. The van der Waals surface area contributed by atoms with E-state index in [-0.39, 0.29) is 23.8 Å². The van der Waals surface area contributed by atoms with Crippen molar-refractivity contribution in [2.45, 2.75) is 17.4 Å². The molecule has 0 aromatic heterocycles. The van der Waals surface area contributed by atoms with Gasteiger partial charge in [-0.05, 0) is 35.4 Å². The van der Waals surface area contributed by atoms with Crippen molar-refractivity contribution in [3.8, 4) is 5.75 Å². The van der Waals surface area contributed by atoms with Gasteiger partial charge in [0.2, 0.25) is 0 Å². The molecule has 172 valence electrons. The summed E-state index contributed by atoms with van der Waals surface area (Å²) in [6.45, 7) is -0.0363. The number of esters is 1. The number of carbonyl (C=O) groups excluding carboxylic acids is 2. The number of amides is 1. The molecular weight excluding hydrogens is 446 g/mol. The summed E-state index contributed by atoms with van der Waals surface area (Å²) in [7, 11) is -2.82. The van der Waals surface area contributed by atoms with Crippen molar-refractivity contribution < 1.29 is 31.7 Å². The Kier molecular flexibility index (Phi) is 8.04. The molecule has 0 bridgehead atoms. The van der Waals surface area contributed by atoms with Crippen molar-refractivity contribution in [1.82, 2.24) is 5.32 Å². The highest BCUT2D eigenvalue weighted by molar-refractivity contribution is 7.87. The Morgan fingerprint density at radius 2 is 1.58 bits per heavy atom. The molecule has 1 unspecified atom stereocenters. The van der Waals surface area contributed by atoms with Crippen LogP contribution in [0.25, 0.3) is 0 Å². The van der Waals surface area contributed by atoms with Gasteiger partial charge in [0.25, 0.3) is 0 Å². The monoisotopic (exact) mass is 469 g/mol. The van der Waals surface area contributed by atoms with Crippen molar-refractivity contribution in [1.29, 1.82) is 0 Å². The lowest BCUT2D eigenvalue weighted by Crippen LogP contribution is -2.32. The van der Waals surface area contributed by atoms with Crippen LogP contribution in [0.2, 0.25) is 0 Å². The topological polar surface area (TPSA) is 108 Å². The highest BCUT2D eigenvalue weighted by atomic mass is 32.2. The fourth-order valence-electron chi connectivity index (χ4n) is 2.98. The zero-order valence-electron chi connectivity index (χ0n) is 17.8. The molecule has 1 atom stereocenters. The normalized spacial score (nSPS) is 11.8. The number of benzene rings is 3. The number of hydrogen-bond acceptors (Lipinski definition) is 7. The molecule has 0 aliphatic carbocycles. The summed E-state index contributed by atoms with van der Waals surface area (Å²) < 4.78 is 40.2. The van der Waals surface area contributed by atoms with E-state index in [0.29, 0.717) is 5.56 Å². The fourth-order valence-corrected chi connectivity index (χ4v) is 3.93. The van der Waals surface area contributed by atoms with Crippen LogP contribution in [0.5, 0.6) is 5.75 Å². The lowest BCUT2D eigenvalue weighted by molar-refractivity contribution is -0.142. The van der Waals surface area contributed by atoms with E-state index in [0.717, 1.165) is 5.56 Å². The molecule has 0 aliphatic rings. The van der Waals surface area contributed by atoms with Gasteiger partial charge >= 0.3 is 22.2 Å². The Bertz CT molecular complexity index is 1180. The molecule has 0 aliphatic heterocycles. The fraction of sp³-hybridized carbons (Fsp3) is 0.167. The van der Waals surface area contributed by atoms with Gasteiger partial charge < -0.3 is 19.0 Å². The van der Waals surface area contributed by atoms with Crippen molar-refractivity contribution in [3.63, 3.8) is 0 Å². The molecule has 0 saturated heterocycles. The van der Waals surface area contributed by atoms with Crippen LogP contribution in [0.1, 0.15) is 17.0 Å². The van der Waals surface area contributed by atoms with Gasteiger partial charge in [0.15, 0.2) is 0 Å². The zero-order chi connectivity index (χ0) is 23.7. The Labute approximate surface area is 192 Å². The lowest BCUT2D eigenvalue weighted by Gasteiger charge is -2.17. The predicted octanol–water partition coefficient (Wildman–Crippen LogP) is 3.64. The molecule has 3 aromatic carbocycles. The van der Waals surface area contributed by atoms with Gasteiger partial charge in [-0.3, -0.25) is 4.79 Å². The van der Waals surface area contributed by atoms with Crippen LogP contribution >= 0.6 is 0 Å². The minimum atomic E-state index is -4.05. The average molecular weight is 470 g/mol. The van der Waals surface area contributed by atoms with Crippen molar-refractivity contribution in [2.75, 3.05) is 13.7 Å². The van der Waals surface area contributed by atoms with Crippen LogP contribution in [-0.2, 0) is 31.0 Å². The van der Waals surface area contributed by atoms with E-state index in [1.165, 1.54) is 31.4 Å². The first-order valence-electron chi connectivity index (χ1n) is 10.0. The second-order valence-electron chi connectivity index (χ2n) is 6.94. The molecule has 1 N–H and O–H groups in total. The molecule has 9 heteroatoms. The van der Waals surface area contributed by atoms with E-state index >= 15 is 0 Å². The van der Waals surface area contributed by atoms with Crippen molar-refractivity contribution in [2.24, 2.45) is 0 Å². The number of ether oxygens (including phenoxy) is 2.